The molecule has 0 atom stereocenters. The Morgan fingerprint density at radius 3 is 2.53 bits per heavy atom. The van der Waals surface area contributed by atoms with Crippen LogP contribution < -0.4 is 15.0 Å². The predicted octanol–water partition coefficient (Wildman–Crippen LogP) is 3.22. The number of hydrogen-bond acceptors (Lipinski definition) is 6. The molecule has 32 heavy (non-hydrogen) atoms. The maximum atomic E-state index is 13.4. The molecule has 3 rings (SSSR count). The molecule has 0 spiro atoms. The SMILES string of the molecule is CCOC(=O)c1c(OCC(F)(F)F)c2c(=O)n(Cc3ccccc3OC)c(C)nc2n1C. The summed E-state index contributed by atoms with van der Waals surface area (Å²) in [6.45, 7) is 1.50. The van der Waals surface area contributed by atoms with Crippen molar-refractivity contribution in [1.29, 1.82) is 0 Å². The van der Waals surface area contributed by atoms with Crippen LogP contribution in [0.25, 0.3) is 11.0 Å². The van der Waals surface area contributed by atoms with Crippen LogP contribution in [0.2, 0.25) is 0 Å². The van der Waals surface area contributed by atoms with E-state index in [-0.39, 0.29) is 29.9 Å². The fraction of sp³-hybridized carbons (Fsp3) is 0.381. The molecule has 11 heteroatoms. The van der Waals surface area contributed by atoms with Crippen molar-refractivity contribution in [1.82, 2.24) is 14.1 Å². The Labute approximate surface area is 181 Å². The first kappa shape index (κ1) is 23.2. The van der Waals surface area contributed by atoms with Crippen molar-refractivity contribution in [2.75, 3.05) is 20.3 Å². The molecule has 2 heterocycles. The lowest BCUT2D eigenvalue weighted by Gasteiger charge is -2.13. The van der Waals surface area contributed by atoms with Gasteiger partial charge in [-0.05, 0) is 19.9 Å². The van der Waals surface area contributed by atoms with Crippen LogP contribution in [0.3, 0.4) is 0 Å². The van der Waals surface area contributed by atoms with Gasteiger partial charge >= 0.3 is 12.1 Å². The molecular formula is C21H22F3N3O5. The minimum absolute atomic E-state index is 0.0104. The first-order chi connectivity index (χ1) is 15.1. The molecule has 0 unspecified atom stereocenters. The Bertz CT molecular complexity index is 1210. The van der Waals surface area contributed by atoms with Gasteiger partial charge in [0.1, 0.15) is 17.0 Å². The van der Waals surface area contributed by atoms with E-state index in [4.69, 9.17) is 14.2 Å². The highest BCUT2D eigenvalue weighted by Gasteiger charge is 2.33. The average molecular weight is 453 g/mol. The first-order valence-corrected chi connectivity index (χ1v) is 9.67. The molecular weight excluding hydrogens is 431 g/mol. The molecule has 172 valence electrons. The fourth-order valence-electron chi connectivity index (χ4n) is 3.38. The van der Waals surface area contributed by atoms with Crippen molar-refractivity contribution in [3.05, 3.63) is 51.7 Å². The molecule has 0 radical (unpaired) electrons. The summed E-state index contributed by atoms with van der Waals surface area (Å²) in [6.07, 6.45) is -4.68. The van der Waals surface area contributed by atoms with Crippen molar-refractivity contribution in [2.24, 2.45) is 7.05 Å². The summed E-state index contributed by atoms with van der Waals surface area (Å²) in [6, 6.07) is 7.01. The van der Waals surface area contributed by atoms with Crippen LogP contribution in [-0.2, 0) is 18.3 Å². The highest BCUT2D eigenvalue weighted by Crippen LogP contribution is 2.32. The van der Waals surface area contributed by atoms with Gasteiger partial charge in [-0.3, -0.25) is 9.36 Å². The first-order valence-electron chi connectivity index (χ1n) is 9.67. The third-order valence-electron chi connectivity index (χ3n) is 4.81. The largest absolute Gasteiger partial charge is 0.496 e. The van der Waals surface area contributed by atoms with Gasteiger partial charge in [0.2, 0.25) is 0 Å². The van der Waals surface area contributed by atoms with E-state index in [1.165, 1.54) is 23.3 Å². The number of halogens is 3. The van der Waals surface area contributed by atoms with Crippen molar-refractivity contribution in [2.45, 2.75) is 26.6 Å². The lowest BCUT2D eigenvalue weighted by Crippen LogP contribution is -2.25. The number of hydrogen-bond donors (Lipinski definition) is 0. The van der Waals surface area contributed by atoms with Crippen LogP contribution in [0.5, 0.6) is 11.5 Å². The molecule has 0 fully saturated rings. The lowest BCUT2D eigenvalue weighted by atomic mass is 10.2. The van der Waals surface area contributed by atoms with Crippen molar-refractivity contribution in [3.63, 3.8) is 0 Å². The van der Waals surface area contributed by atoms with Crippen molar-refractivity contribution in [3.8, 4) is 11.5 Å². The number of benzene rings is 1. The standard InChI is InChI=1S/C21H22F3N3O5/c1-5-31-20(29)16-17(32-11-21(22,23)24)15-18(26(16)3)25-12(2)27(19(15)28)10-13-8-6-7-9-14(13)30-4/h6-9H,5,10-11H2,1-4H3. The van der Waals surface area contributed by atoms with Gasteiger partial charge < -0.3 is 18.8 Å². The Morgan fingerprint density at radius 2 is 1.91 bits per heavy atom. The zero-order valence-corrected chi connectivity index (χ0v) is 17.9. The minimum Gasteiger partial charge on any atom is -0.496 e. The van der Waals surface area contributed by atoms with E-state index in [9.17, 15) is 22.8 Å². The number of nitrogens with zero attached hydrogens (tertiary/aromatic N) is 3. The normalized spacial score (nSPS) is 11.6. The van der Waals surface area contributed by atoms with Gasteiger partial charge in [0.05, 0.1) is 20.3 Å². The van der Waals surface area contributed by atoms with E-state index in [0.29, 0.717) is 17.1 Å². The summed E-state index contributed by atoms with van der Waals surface area (Å²) < 4.78 is 56.4. The Morgan fingerprint density at radius 1 is 1.22 bits per heavy atom. The molecule has 1 aromatic carbocycles. The molecule has 0 saturated heterocycles. The molecule has 8 nitrogen and oxygen atoms in total. The van der Waals surface area contributed by atoms with Crippen LogP contribution in [-0.4, -0.2) is 46.6 Å². The average Bonchev–Trinajstić information content (AvgIpc) is 3.01. The zero-order valence-electron chi connectivity index (χ0n) is 17.9. The van der Waals surface area contributed by atoms with Gasteiger partial charge in [0.25, 0.3) is 5.56 Å². The molecule has 0 aliphatic carbocycles. The van der Waals surface area contributed by atoms with Gasteiger partial charge in [-0.15, -0.1) is 0 Å². The zero-order chi connectivity index (χ0) is 23.6. The van der Waals surface area contributed by atoms with Gasteiger partial charge in [-0.2, -0.15) is 13.2 Å². The van der Waals surface area contributed by atoms with Gasteiger partial charge in [0.15, 0.2) is 23.7 Å². The van der Waals surface area contributed by atoms with Crippen molar-refractivity contribution >= 4 is 17.0 Å². The number of carbonyl (C=O) groups is 1. The van der Waals surface area contributed by atoms with Crippen LogP contribution in [0.1, 0.15) is 28.8 Å². The van der Waals surface area contributed by atoms with Crippen LogP contribution >= 0.6 is 0 Å². The fourth-order valence-corrected chi connectivity index (χ4v) is 3.38. The number of ether oxygens (including phenoxy) is 3. The van der Waals surface area contributed by atoms with E-state index in [0.717, 1.165) is 0 Å². The summed E-state index contributed by atoms with van der Waals surface area (Å²) >= 11 is 0. The second kappa shape index (κ2) is 8.93. The molecule has 0 N–H and O–H groups in total. The second-order valence-corrected chi connectivity index (χ2v) is 6.92. The van der Waals surface area contributed by atoms with E-state index in [2.05, 4.69) is 4.98 Å². The quantitative estimate of drug-likeness (QED) is 0.511. The molecule has 0 bridgehead atoms. The van der Waals surface area contributed by atoms with Gasteiger partial charge in [0, 0.05) is 12.6 Å². The summed E-state index contributed by atoms with van der Waals surface area (Å²) in [5, 5.41) is -0.236. The molecule has 0 amide bonds. The highest BCUT2D eigenvalue weighted by atomic mass is 19.4. The summed E-state index contributed by atoms with van der Waals surface area (Å²) in [4.78, 5) is 30.3. The van der Waals surface area contributed by atoms with E-state index in [1.807, 2.05) is 0 Å². The molecule has 0 aliphatic heterocycles. The second-order valence-electron chi connectivity index (χ2n) is 6.92. The number of aromatic nitrogens is 3. The Kier molecular flexibility index (Phi) is 6.47. The topological polar surface area (TPSA) is 84.6 Å². The molecule has 2 aromatic heterocycles. The summed E-state index contributed by atoms with van der Waals surface area (Å²) in [5.74, 6) is -0.595. The van der Waals surface area contributed by atoms with Crippen LogP contribution in [0.4, 0.5) is 13.2 Å². The molecule has 3 aromatic rings. The van der Waals surface area contributed by atoms with Crippen LogP contribution in [0.15, 0.2) is 29.1 Å². The minimum atomic E-state index is -4.68. The number of esters is 1. The maximum absolute atomic E-state index is 13.4. The number of para-hydroxylation sites is 1. The summed E-state index contributed by atoms with van der Waals surface area (Å²) in [7, 11) is 2.90. The van der Waals surface area contributed by atoms with E-state index in [1.54, 1.807) is 38.1 Å². The third kappa shape index (κ3) is 4.41. The maximum Gasteiger partial charge on any atom is 0.422 e. The number of aryl methyl sites for hydroxylation is 2. The number of methoxy groups -OCH3 is 1. The monoisotopic (exact) mass is 453 g/mol. The Hall–Kier alpha value is -3.50. The Balaban J connectivity index is 2.25. The van der Waals surface area contributed by atoms with Gasteiger partial charge in [-0.25, -0.2) is 9.78 Å². The number of rotatable bonds is 7. The molecule has 0 saturated carbocycles. The molecule has 0 aliphatic rings. The summed E-state index contributed by atoms with van der Waals surface area (Å²) in [5.41, 5.74) is -0.281. The van der Waals surface area contributed by atoms with E-state index >= 15 is 0 Å². The number of alkyl halides is 3. The van der Waals surface area contributed by atoms with E-state index < -0.39 is 30.1 Å². The lowest BCUT2D eigenvalue weighted by molar-refractivity contribution is -0.153. The highest BCUT2D eigenvalue weighted by molar-refractivity contribution is 6.00. The number of fused-ring (bicyclic) bond motifs is 1. The van der Waals surface area contributed by atoms with Gasteiger partial charge in [-0.1, -0.05) is 18.2 Å². The third-order valence-corrected chi connectivity index (χ3v) is 4.81. The smallest absolute Gasteiger partial charge is 0.422 e. The number of carbonyl (C=O) groups excluding carboxylic acids is 1. The van der Waals surface area contributed by atoms with Crippen molar-refractivity contribution < 1.29 is 32.2 Å². The van der Waals surface area contributed by atoms with Crippen LogP contribution in [0, 0.1) is 6.92 Å². The predicted molar refractivity (Wildman–Crippen MR) is 109 cm³/mol.